The first-order valence-electron chi connectivity index (χ1n) is 9.90. The Hall–Kier alpha value is -2.87. The SMILES string of the molecule is O=C([C@@H](Sc1nnc(COc2ccc(F)cc2)o1)c1ccccc1)N1CCCCC1. The summed E-state index contributed by atoms with van der Waals surface area (Å²) in [4.78, 5) is 15.1. The van der Waals surface area contributed by atoms with E-state index in [1.807, 2.05) is 35.2 Å². The fourth-order valence-corrected chi connectivity index (χ4v) is 4.27. The molecular formula is C22H22FN3O3S. The molecule has 1 fully saturated rings. The highest BCUT2D eigenvalue weighted by Crippen LogP contribution is 2.36. The molecule has 0 N–H and O–H groups in total. The lowest BCUT2D eigenvalue weighted by atomic mass is 10.1. The third-order valence-corrected chi connectivity index (χ3v) is 5.91. The Morgan fingerprint density at radius 3 is 2.53 bits per heavy atom. The topological polar surface area (TPSA) is 68.5 Å². The molecule has 1 saturated heterocycles. The minimum atomic E-state index is -0.449. The highest BCUT2D eigenvalue weighted by molar-refractivity contribution is 8.00. The molecule has 0 saturated carbocycles. The van der Waals surface area contributed by atoms with E-state index in [0.29, 0.717) is 16.9 Å². The number of likely N-dealkylation sites (tertiary alicyclic amines) is 1. The fourth-order valence-electron chi connectivity index (χ4n) is 3.29. The van der Waals surface area contributed by atoms with Crippen molar-refractivity contribution in [1.29, 1.82) is 0 Å². The molecule has 2 aromatic carbocycles. The summed E-state index contributed by atoms with van der Waals surface area (Å²) in [5, 5.41) is 7.94. The monoisotopic (exact) mass is 427 g/mol. The second kappa shape index (κ2) is 9.75. The van der Waals surface area contributed by atoms with E-state index in [2.05, 4.69) is 10.2 Å². The van der Waals surface area contributed by atoms with Crippen molar-refractivity contribution < 1.29 is 18.3 Å². The average molecular weight is 428 g/mol. The standard InChI is InChI=1S/C22H22FN3O3S/c23-17-9-11-18(12-10-17)28-15-19-24-25-22(29-19)30-20(16-7-3-1-4-8-16)21(27)26-13-5-2-6-14-26/h1,3-4,7-12,20H,2,5-6,13-15H2/t20-/m0/s1. The number of rotatable bonds is 7. The van der Waals surface area contributed by atoms with Gasteiger partial charge in [0.15, 0.2) is 6.61 Å². The quantitative estimate of drug-likeness (QED) is 0.512. The molecule has 30 heavy (non-hydrogen) atoms. The Morgan fingerprint density at radius 1 is 1.07 bits per heavy atom. The van der Waals surface area contributed by atoms with Crippen molar-refractivity contribution in [3.05, 3.63) is 71.9 Å². The maximum atomic E-state index is 13.2. The third kappa shape index (κ3) is 5.18. The van der Waals surface area contributed by atoms with Crippen LogP contribution in [0.2, 0.25) is 0 Å². The number of carbonyl (C=O) groups is 1. The van der Waals surface area contributed by atoms with Crippen LogP contribution >= 0.6 is 11.8 Å². The van der Waals surface area contributed by atoms with Gasteiger partial charge in [-0.25, -0.2) is 4.39 Å². The number of ether oxygens (including phenoxy) is 1. The number of amides is 1. The summed E-state index contributed by atoms with van der Waals surface area (Å²) in [5.41, 5.74) is 0.903. The van der Waals surface area contributed by atoms with Gasteiger partial charge in [0, 0.05) is 13.1 Å². The van der Waals surface area contributed by atoms with Crippen LogP contribution in [-0.4, -0.2) is 34.1 Å². The summed E-state index contributed by atoms with van der Waals surface area (Å²) in [6.07, 6.45) is 3.22. The van der Waals surface area contributed by atoms with Crippen LogP contribution in [0.1, 0.15) is 36.0 Å². The van der Waals surface area contributed by atoms with Gasteiger partial charge in [0.2, 0.25) is 5.91 Å². The van der Waals surface area contributed by atoms with Crippen LogP contribution in [0.3, 0.4) is 0 Å². The summed E-state index contributed by atoms with van der Waals surface area (Å²) in [7, 11) is 0. The molecule has 1 aliphatic heterocycles. The molecule has 1 atom stereocenters. The van der Waals surface area contributed by atoms with Gasteiger partial charge in [-0.15, -0.1) is 10.2 Å². The van der Waals surface area contributed by atoms with E-state index in [0.717, 1.165) is 37.9 Å². The third-order valence-electron chi connectivity index (χ3n) is 4.84. The van der Waals surface area contributed by atoms with Gasteiger partial charge in [0.1, 0.15) is 16.8 Å². The van der Waals surface area contributed by atoms with Crippen LogP contribution in [0, 0.1) is 5.82 Å². The molecule has 8 heteroatoms. The highest BCUT2D eigenvalue weighted by atomic mass is 32.2. The molecule has 3 aromatic rings. The number of halogens is 1. The van der Waals surface area contributed by atoms with Gasteiger partial charge in [0.25, 0.3) is 11.1 Å². The number of nitrogens with zero attached hydrogens (tertiary/aromatic N) is 3. The van der Waals surface area contributed by atoms with Crippen molar-refractivity contribution in [2.75, 3.05) is 13.1 Å². The van der Waals surface area contributed by atoms with Crippen molar-refractivity contribution in [2.24, 2.45) is 0 Å². The van der Waals surface area contributed by atoms with Gasteiger partial charge >= 0.3 is 0 Å². The lowest BCUT2D eigenvalue weighted by molar-refractivity contribution is -0.131. The van der Waals surface area contributed by atoms with Gasteiger partial charge in [-0.3, -0.25) is 4.79 Å². The minimum absolute atomic E-state index is 0.0632. The van der Waals surface area contributed by atoms with E-state index in [9.17, 15) is 9.18 Å². The summed E-state index contributed by atoms with van der Waals surface area (Å²) in [6, 6.07) is 15.3. The van der Waals surface area contributed by atoms with E-state index >= 15 is 0 Å². The van der Waals surface area contributed by atoms with Crippen LogP contribution in [0.4, 0.5) is 4.39 Å². The second-order valence-electron chi connectivity index (χ2n) is 7.00. The zero-order valence-corrected chi connectivity index (χ0v) is 17.2. The number of hydrogen-bond acceptors (Lipinski definition) is 6. The molecule has 0 aliphatic carbocycles. The van der Waals surface area contributed by atoms with Crippen molar-refractivity contribution in [1.82, 2.24) is 15.1 Å². The molecule has 0 bridgehead atoms. The van der Waals surface area contributed by atoms with Crippen LogP contribution in [0.25, 0.3) is 0 Å². The number of aromatic nitrogens is 2. The van der Waals surface area contributed by atoms with E-state index in [1.165, 1.54) is 36.0 Å². The maximum absolute atomic E-state index is 13.2. The highest BCUT2D eigenvalue weighted by Gasteiger charge is 2.29. The van der Waals surface area contributed by atoms with E-state index in [4.69, 9.17) is 9.15 Å². The van der Waals surface area contributed by atoms with Crippen LogP contribution in [-0.2, 0) is 11.4 Å². The Morgan fingerprint density at radius 2 is 1.80 bits per heavy atom. The number of piperidine rings is 1. The Bertz CT molecular complexity index is 959. The van der Waals surface area contributed by atoms with E-state index in [1.54, 1.807) is 0 Å². The number of carbonyl (C=O) groups excluding carboxylic acids is 1. The summed E-state index contributed by atoms with van der Waals surface area (Å²) in [6.45, 7) is 1.63. The van der Waals surface area contributed by atoms with Gasteiger partial charge in [-0.1, -0.05) is 30.3 Å². The summed E-state index contributed by atoms with van der Waals surface area (Å²) >= 11 is 1.25. The van der Waals surface area contributed by atoms with Gasteiger partial charge in [0.05, 0.1) is 0 Å². The molecule has 6 nitrogen and oxygen atoms in total. The van der Waals surface area contributed by atoms with Gasteiger partial charge in [-0.2, -0.15) is 0 Å². The lowest BCUT2D eigenvalue weighted by Crippen LogP contribution is -2.38. The maximum Gasteiger partial charge on any atom is 0.277 e. The molecule has 1 aromatic heterocycles. The smallest absolute Gasteiger partial charge is 0.277 e. The molecule has 156 valence electrons. The number of hydrogen-bond donors (Lipinski definition) is 0. The summed E-state index contributed by atoms with van der Waals surface area (Å²) < 4.78 is 24.2. The first kappa shape index (κ1) is 20.4. The van der Waals surface area contributed by atoms with Crippen LogP contribution < -0.4 is 4.74 Å². The van der Waals surface area contributed by atoms with E-state index < -0.39 is 5.25 Å². The molecule has 1 amide bonds. The Labute approximate surface area is 178 Å². The molecule has 4 rings (SSSR count). The first-order valence-corrected chi connectivity index (χ1v) is 10.8. The normalized spacial score (nSPS) is 15.0. The number of benzene rings is 2. The Kier molecular flexibility index (Phi) is 6.63. The van der Waals surface area contributed by atoms with Crippen molar-refractivity contribution in [3.8, 4) is 5.75 Å². The minimum Gasteiger partial charge on any atom is -0.484 e. The largest absolute Gasteiger partial charge is 0.484 e. The molecule has 0 spiro atoms. The molecule has 2 heterocycles. The van der Waals surface area contributed by atoms with Crippen LogP contribution in [0.15, 0.2) is 64.2 Å². The predicted octanol–water partition coefficient (Wildman–Crippen LogP) is 4.63. The predicted molar refractivity (Wildman–Crippen MR) is 111 cm³/mol. The van der Waals surface area contributed by atoms with Crippen molar-refractivity contribution in [2.45, 2.75) is 36.3 Å². The molecular weight excluding hydrogens is 405 g/mol. The molecule has 1 aliphatic rings. The first-order chi connectivity index (χ1) is 14.7. The van der Waals surface area contributed by atoms with Gasteiger partial charge < -0.3 is 14.1 Å². The second-order valence-corrected chi connectivity index (χ2v) is 8.06. The summed E-state index contributed by atoms with van der Waals surface area (Å²) in [5.74, 6) is 0.530. The van der Waals surface area contributed by atoms with Crippen LogP contribution in [0.5, 0.6) is 5.75 Å². The zero-order chi connectivity index (χ0) is 20.8. The Balaban J connectivity index is 1.45. The number of thioether (sulfide) groups is 1. The fraction of sp³-hybridized carbons (Fsp3) is 0.318. The van der Waals surface area contributed by atoms with Crippen molar-refractivity contribution in [3.63, 3.8) is 0 Å². The molecule has 0 radical (unpaired) electrons. The lowest BCUT2D eigenvalue weighted by Gasteiger charge is -2.29. The van der Waals surface area contributed by atoms with Gasteiger partial charge in [-0.05, 0) is 60.9 Å². The van der Waals surface area contributed by atoms with E-state index in [-0.39, 0.29) is 18.3 Å². The zero-order valence-electron chi connectivity index (χ0n) is 16.4. The molecule has 0 unspecified atom stereocenters. The average Bonchev–Trinajstić information content (AvgIpc) is 3.25. The van der Waals surface area contributed by atoms with Crippen molar-refractivity contribution >= 4 is 17.7 Å².